The van der Waals surface area contributed by atoms with E-state index in [1.165, 1.54) is 12.1 Å². The van der Waals surface area contributed by atoms with Gasteiger partial charge in [0.05, 0.1) is 18.1 Å². The second-order valence-electron chi connectivity index (χ2n) is 5.39. The van der Waals surface area contributed by atoms with Crippen molar-refractivity contribution >= 4 is 0 Å². The van der Waals surface area contributed by atoms with E-state index in [4.69, 9.17) is 5.73 Å². The number of rotatable bonds is 5. The molecule has 1 fully saturated rings. The van der Waals surface area contributed by atoms with Crippen LogP contribution in [0.1, 0.15) is 32.0 Å². The molecule has 0 bridgehead atoms. The van der Waals surface area contributed by atoms with Crippen LogP contribution in [-0.4, -0.2) is 58.6 Å². The molecule has 0 aromatic carbocycles. The fourth-order valence-electron chi connectivity index (χ4n) is 3.02. The monoisotopic (exact) mass is 265 g/mol. The molecule has 1 saturated heterocycles. The Bertz CT molecular complexity index is 389. The van der Waals surface area contributed by atoms with E-state index < -0.39 is 0 Å². The molecule has 2 unspecified atom stereocenters. The zero-order valence-corrected chi connectivity index (χ0v) is 12.4. The first-order chi connectivity index (χ1) is 9.21. The van der Waals surface area contributed by atoms with Crippen molar-refractivity contribution < 1.29 is 0 Å². The third-order valence-corrected chi connectivity index (χ3v) is 4.37. The van der Waals surface area contributed by atoms with Gasteiger partial charge in [-0.25, -0.2) is 4.98 Å². The Labute approximate surface area is 116 Å². The highest BCUT2D eigenvalue weighted by molar-refractivity contribution is 5.07. The average molecular weight is 265 g/mol. The lowest BCUT2D eigenvalue weighted by atomic mass is 10.1. The number of hydrogen-bond acceptors (Lipinski definition) is 4. The van der Waals surface area contributed by atoms with Gasteiger partial charge in [-0.2, -0.15) is 0 Å². The quantitative estimate of drug-likeness (QED) is 0.860. The molecule has 0 amide bonds. The van der Waals surface area contributed by atoms with Crippen molar-refractivity contribution in [3.63, 3.8) is 0 Å². The van der Waals surface area contributed by atoms with Crippen LogP contribution in [0.3, 0.4) is 0 Å². The van der Waals surface area contributed by atoms with Crippen molar-refractivity contribution in [2.45, 2.75) is 38.9 Å². The maximum atomic E-state index is 6.04. The minimum absolute atomic E-state index is 0.296. The minimum atomic E-state index is 0.296. The summed E-state index contributed by atoms with van der Waals surface area (Å²) in [5.74, 6) is 0. The summed E-state index contributed by atoms with van der Waals surface area (Å²) in [7, 11) is 2.22. The lowest BCUT2D eigenvalue weighted by Crippen LogP contribution is -2.53. The topological polar surface area (TPSA) is 50.3 Å². The van der Waals surface area contributed by atoms with Gasteiger partial charge in [0.2, 0.25) is 0 Å². The van der Waals surface area contributed by atoms with Crippen LogP contribution in [0.5, 0.6) is 0 Å². The van der Waals surface area contributed by atoms with Crippen LogP contribution in [0.4, 0.5) is 0 Å². The summed E-state index contributed by atoms with van der Waals surface area (Å²) in [4.78, 5) is 9.27. The molecule has 5 nitrogen and oxygen atoms in total. The molecule has 2 atom stereocenters. The number of aryl methyl sites for hydroxylation is 1. The number of nitrogens with zero attached hydrogens (tertiary/aromatic N) is 4. The van der Waals surface area contributed by atoms with Crippen molar-refractivity contribution in [1.29, 1.82) is 0 Å². The first-order valence-electron chi connectivity index (χ1n) is 7.35. The van der Waals surface area contributed by atoms with Crippen molar-refractivity contribution in [1.82, 2.24) is 19.4 Å². The summed E-state index contributed by atoms with van der Waals surface area (Å²) >= 11 is 0. The van der Waals surface area contributed by atoms with Crippen LogP contribution >= 0.6 is 0 Å². The van der Waals surface area contributed by atoms with Crippen molar-refractivity contribution in [3.8, 4) is 0 Å². The van der Waals surface area contributed by atoms with Crippen LogP contribution in [0.15, 0.2) is 12.5 Å². The Kier molecular flexibility index (Phi) is 4.96. The highest BCUT2D eigenvalue weighted by Crippen LogP contribution is 2.23. The molecule has 19 heavy (non-hydrogen) atoms. The first-order valence-corrected chi connectivity index (χ1v) is 7.35. The predicted octanol–water partition coefficient (Wildman–Crippen LogP) is 0.929. The normalized spacial score (nSPS) is 23.7. The molecule has 2 N–H and O–H groups in total. The Morgan fingerprint density at radius 3 is 2.84 bits per heavy atom. The van der Waals surface area contributed by atoms with E-state index in [0.29, 0.717) is 18.6 Å². The summed E-state index contributed by atoms with van der Waals surface area (Å²) in [5, 5.41) is 0. The molecule has 0 aliphatic carbocycles. The SMILES string of the molecule is CCC1CN(C(CN)c2cncn2CC)CCN1C. The summed E-state index contributed by atoms with van der Waals surface area (Å²) in [6.45, 7) is 9.33. The van der Waals surface area contributed by atoms with E-state index in [9.17, 15) is 0 Å². The van der Waals surface area contributed by atoms with E-state index in [1.54, 1.807) is 0 Å². The standard InChI is InChI=1S/C14H27N5/c1-4-12-10-19(7-6-17(12)3)13(8-15)14-9-16-11-18(14)5-2/h9,11-13H,4-8,10,15H2,1-3H3. The molecule has 1 aromatic rings. The van der Waals surface area contributed by atoms with E-state index in [0.717, 1.165) is 26.2 Å². The molecule has 0 saturated carbocycles. The smallest absolute Gasteiger partial charge is 0.0948 e. The highest BCUT2D eigenvalue weighted by Gasteiger charge is 2.29. The zero-order valence-electron chi connectivity index (χ0n) is 12.4. The van der Waals surface area contributed by atoms with E-state index >= 15 is 0 Å². The van der Waals surface area contributed by atoms with E-state index in [-0.39, 0.29) is 0 Å². The molecule has 2 heterocycles. The number of likely N-dealkylation sites (N-methyl/N-ethyl adjacent to an activating group) is 1. The number of hydrogen-bond donors (Lipinski definition) is 1. The summed E-state index contributed by atoms with van der Waals surface area (Å²) in [6.07, 6.45) is 5.07. The van der Waals surface area contributed by atoms with Gasteiger partial charge in [-0.05, 0) is 20.4 Å². The molecular formula is C14H27N5. The van der Waals surface area contributed by atoms with Gasteiger partial charge in [0, 0.05) is 45.0 Å². The highest BCUT2D eigenvalue weighted by atomic mass is 15.3. The molecule has 5 heteroatoms. The molecular weight excluding hydrogens is 238 g/mol. The number of nitrogens with two attached hydrogens (primary N) is 1. The van der Waals surface area contributed by atoms with Gasteiger partial charge in [-0.1, -0.05) is 6.92 Å². The fourth-order valence-corrected chi connectivity index (χ4v) is 3.02. The maximum absolute atomic E-state index is 6.04. The second-order valence-corrected chi connectivity index (χ2v) is 5.39. The summed E-state index contributed by atoms with van der Waals surface area (Å²) < 4.78 is 2.21. The molecule has 1 aliphatic rings. The van der Waals surface area contributed by atoms with Gasteiger partial charge in [0.15, 0.2) is 0 Å². The van der Waals surface area contributed by atoms with Crippen molar-refractivity contribution in [2.24, 2.45) is 5.73 Å². The molecule has 108 valence electrons. The lowest BCUT2D eigenvalue weighted by Gasteiger charge is -2.42. The molecule has 0 radical (unpaired) electrons. The Morgan fingerprint density at radius 1 is 1.42 bits per heavy atom. The maximum Gasteiger partial charge on any atom is 0.0948 e. The Morgan fingerprint density at radius 2 is 2.21 bits per heavy atom. The molecule has 1 aromatic heterocycles. The van der Waals surface area contributed by atoms with Crippen LogP contribution in [-0.2, 0) is 6.54 Å². The predicted molar refractivity (Wildman–Crippen MR) is 78.0 cm³/mol. The number of aromatic nitrogens is 2. The van der Waals surface area contributed by atoms with E-state index in [2.05, 4.69) is 40.2 Å². The Balaban J connectivity index is 2.14. The largest absolute Gasteiger partial charge is 0.333 e. The first kappa shape index (κ1) is 14.5. The molecule has 1 aliphatic heterocycles. The van der Waals surface area contributed by atoms with Gasteiger partial charge >= 0.3 is 0 Å². The van der Waals surface area contributed by atoms with Gasteiger partial charge in [0.1, 0.15) is 0 Å². The third kappa shape index (κ3) is 2.99. The Hall–Kier alpha value is -0.910. The van der Waals surface area contributed by atoms with Gasteiger partial charge in [0.25, 0.3) is 0 Å². The van der Waals surface area contributed by atoms with Crippen molar-refractivity contribution in [3.05, 3.63) is 18.2 Å². The second kappa shape index (κ2) is 6.50. The molecule has 0 spiro atoms. The van der Waals surface area contributed by atoms with E-state index in [1.807, 2.05) is 12.5 Å². The number of piperazine rings is 1. The fraction of sp³-hybridized carbons (Fsp3) is 0.786. The van der Waals surface area contributed by atoms with Crippen LogP contribution in [0.2, 0.25) is 0 Å². The van der Waals surface area contributed by atoms with Gasteiger partial charge in [-0.3, -0.25) is 4.90 Å². The van der Waals surface area contributed by atoms with Crippen LogP contribution < -0.4 is 5.73 Å². The third-order valence-electron chi connectivity index (χ3n) is 4.37. The van der Waals surface area contributed by atoms with Gasteiger partial charge in [-0.15, -0.1) is 0 Å². The lowest BCUT2D eigenvalue weighted by molar-refractivity contribution is 0.0620. The summed E-state index contributed by atoms with van der Waals surface area (Å²) in [6, 6.07) is 0.936. The van der Waals surface area contributed by atoms with Gasteiger partial charge < -0.3 is 15.2 Å². The number of imidazole rings is 1. The minimum Gasteiger partial charge on any atom is -0.333 e. The average Bonchev–Trinajstić information content (AvgIpc) is 2.89. The van der Waals surface area contributed by atoms with Crippen molar-refractivity contribution in [2.75, 3.05) is 33.2 Å². The van der Waals surface area contributed by atoms with Crippen LogP contribution in [0.25, 0.3) is 0 Å². The van der Waals surface area contributed by atoms with Crippen LogP contribution in [0, 0.1) is 0 Å². The molecule has 2 rings (SSSR count). The zero-order chi connectivity index (χ0) is 13.8. The summed E-state index contributed by atoms with van der Waals surface area (Å²) in [5.41, 5.74) is 7.30.